The first kappa shape index (κ1) is 32.2. The molecule has 4 aromatic heterocycles. The van der Waals surface area contributed by atoms with Gasteiger partial charge in [-0.05, 0) is 71.8 Å². The molecule has 0 amide bonds. The quantitative estimate of drug-likeness (QED) is 0.161. The number of hydrogen-bond donors (Lipinski definition) is 0. The summed E-state index contributed by atoms with van der Waals surface area (Å²) in [4.78, 5) is 5.49. The van der Waals surface area contributed by atoms with E-state index in [1.54, 1.807) is 0 Å². The van der Waals surface area contributed by atoms with Crippen molar-refractivity contribution < 1.29 is 0 Å². The van der Waals surface area contributed by atoms with Gasteiger partial charge in [0.1, 0.15) is 5.82 Å². The fourth-order valence-electron chi connectivity index (χ4n) is 9.91. The van der Waals surface area contributed by atoms with Crippen molar-refractivity contribution in [2.45, 2.75) is 0 Å². The molecule has 0 spiro atoms. The molecule has 0 atom stereocenters. The van der Waals surface area contributed by atoms with E-state index in [0.717, 1.165) is 50.6 Å². The maximum Gasteiger partial charge on any atom is 0.138 e. The van der Waals surface area contributed by atoms with Crippen LogP contribution in [0.4, 0.5) is 0 Å². The van der Waals surface area contributed by atoms with Gasteiger partial charge in [-0.2, -0.15) is 0 Å². The lowest BCUT2D eigenvalue weighted by Gasteiger charge is -2.15. The lowest BCUT2D eigenvalue weighted by molar-refractivity contribution is 1.08. The molecule has 13 aromatic rings. The molecule has 0 bridgehead atoms. The molecule has 0 saturated carbocycles. The highest BCUT2D eigenvalue weighted by atomic mass is 15.1. The van der Waals surface area contributed by atoms with Crippen LogP contribution >= 0.6 is 0 Å². The summed E-state index contributed by atoms with van der Waals surface area (Å²) in [5.74, 6) is 0.887. The average molecular weight is 751 g/mol. The fraction of sp³-hybridized carbons (Fsp3) is 0. The van der Waals surface area contributed by atoms with Crippen molar-refractivity contribution in [2.24, 2.45) is 0 Å². The van der Waals surface area contributed by atoms with E-state index in [0.29, 0.717) is 0 Å². The molecule has 0 fully saturated rings. The molecule has 0 unspecified atom stereocenters. The summed E-state index contributed by atoms with van der Waals surface area (Å²) in [7, 11) is 0. The first-order valence-corrected chi connectivity index (χ1v) is 20.2. The van der Waals surface area contributed by atoms with Gasteiger partial charge in [-0.3, -0.25) is 4.57 Å². The number of para-hydroxylation sites is 4. The largest absolute Gasteiger partial charge is 0.309 e. The van der Waals surface area contributed by atoms with E-state index in [4.69, 9.17) is 4.98 Å². The molecule has 0 aliphatic rings. The van der Waals surface area contributed by atoms with Crippen LogP contribution in [0.15, 0.2) is 206 Å². The summed E-state index contributed by atoms with van der Waals surface area (Å²) >= 11 is 0. The first-order chi connectivity index (χ1) is 29.3. The van der Waals surface area contributed by atoms with Gasteiger partial charge in [0.2, 0.25) is 0 Å². The van der Waals surface area contributed by atoms with Crippen LogP contribution in [-0.4, -0.2) is 18.7 Å². The van der Waals surface area contributed by atoms with E-state index in [9.17, 15) is 0 Å². The van der Waals surface area contributed by atoms with Crippen LogP contribution in [-0.2, 0) is 0 Å². The Morgan fingerprint density at radius 2 is 0.678 bits per heavy atom. The van der Waals surface area contributed by atoms with E-state index in [2.05, 4.69) is 220 Å². The summed E-state index contributed by atoms with van der Waals surface area (Å²) in [6, 6.07) is 74.8. The molecular weight excluding hydrogens is 717 g/mol. The molecule has 13 rings (SSSR count). The van der Waals surface area contributed by atoms with Gasteiger partial charge in [0, 0.05) is 48.7 Å². The van der Waals surface area contributed by atoms with E-state index in [1.807, 2.05) is 0 Å². The molecule has 0 aliphatic heterocycles. The number of aromatic nitrogens is 4. The van der Waals surface area contributed by atoms with Gasteiger partial charge in [-0.15, -0.1) is 0 Å². The van der Waals surface area contributed by atoms with Gasteiger partial charge < -0.3 is 9.13 Å². The normalized spacial score (nSPS) is 12.1. The molecule has 0 N–H and O–H groups in total. The highest BCUT2D eigenvalue weighted by Gasteiger charge is 2.24. The lowest BCUT2D eigenvalue weighted by Crippen LogP contribution is -2.01. The maximum absolute atomic E-state index is 5.49. The van der Waals surface area contributed by atoms with Crippen LogP contribution in [0.3, 0.4) is 0 Å². The summed E-state index contributed by atoms with van der Waals surface area (Å²) in [6.45, 7) is 0. The van der Waals surface area contributed by atoms with Crippen LogP contribution in [0.1, 0.15) is 0 Å². The monoisotopic (exact) mass is 750 g/mol. The minimum atomic E-state index is 0.887. The number of hydrogen-bond acceptors (Lipinski definition) is 1. The van der Waals surface area contributed by atoms with Gasteiger partial charge in [0.15, 0.2) is 0 Å². The summed E-state index contributed by atoms with van der Waals surface area (Å²) in [5, 5.41) is 9.87. The third-order valence-corrected chi connectivity index (χ3v) is 12.4. The Balaban J connectivity index is 1.18. The van der Waals surface area contributed by atoms with Crippen LogP contribution in [0, 0.1) is 0 Å². The molecule has 274 valence electrons. The number of nitrogens with zero attached hydrogens (tertiary/aromatic N) is 4. The van der Waals surface area contributed by atoms with Crippen LogP contribution in [0.2, 0.25) is 0 Å². The second kappa shape index (κ2) is 12.3. The standard InChI is InChI=1S/C55H34N4/c1-3-15-35(16-4-1)37-33-44(36-17-5-2-6-18-36)56-53(34-37)59-51-31-29-49(57-45-23-11-7-19-38(45)39-20-8-12-24-46(39)57)42-27-28-43-50(30-32-52(59)55(43)54(42)51)58-47-25-13-9-21-40(47)41-22-10-14-26-48(41)58/h1-34H. The Labute approximate surface area is 339 Å². The smallest absolute Gasteiger partial charge is 0.138 e. The Morgan fingerprint density at radius 3 is 1.14 bits per heavy atom. The van der Waals surface area contributed by atoms with Crippen molar-refractivity contribution in [3.05, 3.63) is 206 Å². The first-order valence-electron chi connectivity index (χ1n) is 20.2. The third kappa shape index (κ3) is 4.57. The van der Waals surface area contributed by atoms with Crippen molar-refractivity contribution in [2.75, 3.05) is 0 Å². The number of pyridine rings is 1. The summed E-state index contributed by atoms with van der Waals surface area (Å²) in [6.07, 6.45) is 0. The van der Waals surface area contributed by atoms with E-state index < -0.39 is 0 Å². The zero-order valence-corrected chi connectivity index (χ0v) is 31.9. The summed E-state index contributed by atoms with van der Waals surface area (Å²) < 4.78 is 7.31. The number of benzene rings is 9. The molecule has 0 aliphatic carbocycles. The van der Waals surface area contributed by atoms with Crippen LogP contribution < -0.4 is 0 Å². The van der Waals surface area contributed by atoms with Gasteiger partial charge in [0.25, 0.3) is 0 Å². The highest BCUT2D eigenvalue weighted by molar-refractivity contribution is 6.28. The Bertz CT molecular complexity index is 3420. The molecule has 0 saturated heterocycles. The van der Waals surface area contributed by atoms with Crippen molar-refractivity contribution in [1.29, 1.82) is 0 Å². The number of fused-ring (bicyclic) bond motifs is 6. The predicted octanol–water partition coefficient (Wildman–Crippen LogP) is 14.3. The van der Waals surface area contributed by atoms with Gasteiger partial charge >= 0.3 is 0 Å². The molecule has 9 aromatic carbocycles. The second-order valence-corrected chi connectivity index (χ2v) is 15.5. The molecule has 0 radical (unpaired) electrons. The fourth-order valence-corrected chi connectivity index (χ4v) is 9.91. The van der Waals surface area contributed by atoms with Crippen molar-refractivity contribution in [1.82, 2.24) is 18.7 Å². The SMILES string of the molecule is c1ccc(-c2cc(-c3ccccc3)nc(-n3c4ccc(-n5c6ccccc6c6ccccc65)c5ccc6c(-n7c8ccccc8c8ccccc87)ccc3c6c54)c2)cc1. The van der Waals surface area contributed by atoms with Crippen molar-refractivity contribution in [3.8, 4) is 39.6 Å². The predicted molar refractivity (Wildman–Crippen MR) is 247 cm³/mol. The second-order valence-electron chi connectivity index (χ2n) is 15.5. The maximum atomic E-state index is 5.49. The van der Waals surface area contributed by atoms with Gasteiger partial charge in [0.05, 0.1) is 50.2 Å². The number of rotatable bonds is 5. The van der Waals surface area contributed by atoms with Crippen LogP contribution in [0.25, 0.3) is 116 Å². The zero-order chi connectivity index (χ0) is 38.6. The van der Waals surface area contributed by atoms with Crippen molar-refractivity contribution >= 4 is 76.2 Å². The third-order valence-electron chi connectivity index (χ3n) is 12.4. The minimum absolute atomic E-state index is 0.887. The minimum Gasteiger partial charge on any atom is -0.309 e. The molecule has 59 heavy (non-hydrogen) atoms. The molecule has 4 heterocycles. The molecule has 4 nitrogen and oxygen atoms in total. The van der Waals surface area contributed by atoms with Gasteiger partial charge in [-0.1, -0.05) is 146 Å². The average Bonchev–Trinajstić information content (AvgIpc) is 3.95. The van der Waals surface area contributed by atoms with E-state index >= 15 is 0 Å². The zero-order valence-electron chi connectivity index (χ0n) is 31.9. The van der Waals surface area contributed by atoms with Gasteiger partial charge in [-0.25, -0.2) is 4.98 Å². The summed E-state index contributed by atoms with van der Waals surface area (Å²) in [5.41, 5.74) is 13.7. The molecular formula is C55H34N4. The topological polar surface area (TPSA) is 27.7 Å². The molecule has 4 heteroatoms. The van der Waals surface area contributed by atoms with Crippen molar-refractivity contribution in [3.63, 3.8) is 0 Å². The Kier molecular flexibility index (Phi) is 6.69. The Hall–Kier alpha value is -7.95. The highest BCUT2D eigenvalue weighted by Crippen LogP contribution is 2.46. The van der Waals surface area contributed by atoms with Crippen LogP contribution in [0.5, 0.6) is 0 Å². The Morgan fingerprint density at radius 1 is 0.271 bits per heavy atom. The lowest BCUT2D eigenvalue weighted by atomic mass is 9.99. The van der Waals surface area contributed by atoms with E-state index in [-0.39, 0.29) is 0 Å². The van der Waals surface area contributed by atoms with E-state index in [1.165, 1.54) is 65.2 Å².